The molecule has 0 aromatic rings. The summed E-state index contributed by atoms with van der Waals surface area (Å²) in [5.74, 6) is 0.806. The lowest BCUT2D eigenvalue weighted by atomic mass is 10.0. The van der Waals surface area contributed by atoms with Gasteiger partial charge in [-0.05, 0) is 31.1 Å². The van der Waals surface area contributed by atoms with E-state index in [9.17, 15) is 14.4 Å². The van der Waals surface area contributed by atoms with Crippen LogP contribution in [0.2, 0.25) is 0 Å². The number of unbranched alkanes of at least 4 members (excludes halogenated alkanes) is 33. The number of hydrogen-bond donors (Lipinski definition) is 0. The number of carbonyl (C=O) groups is 3. The van der Waals surface area contributed by atoms with E-state index in [-0.39, 0.29) is 31.1 Å². The molecule has 0 aliphatic heterocycles. The Bertz CT molecular complexity index is 916. The van der Waals surface area contributed by atoms with Crippen LogP contribution in [0, 0.1) is 11.8 Å². The number of hydrogen-bond acceptors (Lipinski definition) is 6. The first-order valence-electron chi connectivity index (χ1n) is 26.7. The van der Waals surface area contributed by atoms with Crippen molar-refractivity contribution in [3.8, 4) is 0 Å². The first-order chi connectivity index (χ1) is 29.2. The molecule has 6 nitrogen and oxygen atoms in total. The van der Waals surface area contributed by atoms with Gasteiger partial charge in [0.25, 0.3) is 0 Å². The molecule has 356 valence electrons. The molecule has 0 aromatic heterocycles. The van der Waals surface area contributed by atoms with Gasteiger partial charge in [-0.25, -0.2) is 0 Å². The predicted octanol–water partition coefficient (Wildman–Crippen LogP) is 17.3. The van der Waals surface area contributed by atoms with Crippen LogP contribution < -0.4 is 0 Å². The summed E-state index contributed by atoms with van der Waals surface area (Å²) in [5, 5.41) is 0. The van der Waals surface area contributed by atoms with E-state index < -0.39 is 6.10 Å². The summed E-state index contributed by atoms with van der Waals surface area (Å²) in [4.78, 5) is 38.0. The Morgan fingerprint density at radius 1 is 0.317 bits per heavy atom. The molecule has 0 saturated carbocycles. The number of esters is 3. The summed E-state index contributed by atoms with van der Waals surface area (Å²) in [7, 11) is 0. The third kappa shape index (κ3) is 47.5. The minimum Gasteiger partial charge on any atom is -0.462 e. The first kappa shape index (κ1) is 58.4. The maximum Gasteiger partial charge on any atom is 0.306 e. The van der Waals surface area contributed by atoms with E-state index in [1.165, 1.54) is 186 Å². The van der Waals surface area contributed by atoms with Crippen molar-refractivity contribution in [2.45, 2.75) is 304 Å². The molecule has 0 aliphatic carbocycles. The molecule has 1 atom stereocenters. The molecule has 0 N–H and O–H groups in total. The Hall–Kier alpha value is -1.59. The largest absolute Gasteiger partial charge is 0.462 e. The zero-order chi connectivity index (χ0) is 44.0. The van der Waals surface area contributed by atoms with Crippen LogP contribution in [0.4, 0.5) is 0 Å². The molecule has 0 heterocycles. The molecule has 0 radical (unpaired) electrons. The Morgan fingerprint density at radius 2 is 0.550 bits per heavy atom. The highest BCUT2D eigenvalue weighted by atomic mass is 16.6. The minimum absolute atomic E-state index is 0.0634. The van der Waals surface area contributed by atoms with E-state index >= 15 is 0 Å². The lowest BCUT2D eigenvalue weighted by Gasteiger charge is -2.18. The van der Waals surface area contributed by atoms with Crippen LogP contribution in [0.1, 0.15) is 298 Å². The Balaban J connectivity index is 4.30. The quantitative estimate of drug-likeness (QED) is 0.0345. The summed E-state index contributed by atoms with van der Waals surface area (Å²) in [6.45, 7) is 11.4. The lowest BCUT2D eigenvalue weighted by molar-refractivity contribution is -0.167. The van der Waals surface area contributed by atoms with E-state index in [0.29, 0.717) is 19.3 Å². The molecule has 0 aliphatic rings. The summed E-state index contributed by atoms with van der Waals surface area (Å²) in [6, 6.07) is 0. The van der Waals surface area contributed by atoms with Crippen molar-refractivity contribution in [3.05, 3.63) is 0 Å². The van der Waals surface area contributed by atoms with Crippen molar-refractivity contribution < 1.29 is 28.6 Å². The smallest absolute Gasteiger partial charge is 0.306 e. The molecule has 0 fully saturated rings. The first-order valence-corrected chi connectivity index (χ1v) is 26.7. The van der Waals surface area contributed by atoms with E-state index in [1.54, 1.807) is 0 Å². The summed E-state index contributed by atoms with van der Waals surface area (Å²) in [6.07, 6.45) is 48.0. The van der Waals surface area contributed by atoms with Crippen molar-refractivity contribution in [1.82, 2.24) is 0 Å². The van der Waals surface area contributed by atoms with Crippen molar-refractivity contribution in [2.24, 2.45) is 11.8 Å². The molecule has 0 bridgehead atoms. The van der Waals surface area contributed by atoms with E-state index in [1.807, 2.05) is 0 Å². The molecular weight excluding hydrogens is 745 g/mol. The SMILES string of the molecule is CCCCCCCCCCCCCCCC(=O)OC[C@H](COC(=O)CCCCCCCCCCCC(C)C)OC(=O)CCCCCCCCCCCCCCCCC(C)C. The summed E-state index contributed by atoms with van der Waals surface area (Å²) >= 11 is 0. The topological polar surface area (TPSA) is 78.9 Å². The number of rotatable bonds is 48. The lowest BCUT2D eigenvalue weighted by Crippen LogP contribution is -2.30. The molecule has 0 aromatic carbocycles. The fourth-order valence-electron chi connectivity index (χ4n) is 8.17. The monoisotopic (exact) mass is 849 g/mol. The fraction of sp³-hybridized carbons (Fsp3) is 0.944. The van der Waals surface area contributed by atoms with Gasteiger partial charge >= 0.3 is 17.9 Å². The Morgan fingerprint density at radius 3 is 0.817 bits per heavy atom. The molecule has 0 amide bonds. The average Bonchev–Trinajstić information content (AvgIpc) is 3.22. The molecule has 0 unspecified atom stereocenters. The van der Waals surface area contributed by atoms with Gasteiger partial charge in [-0.2, -0.15) is 0 Å². The summed E-state index contributed by atoms with van der Waals surface area (Å²) in [5.41, 5.74) is 0. The molecule has 60 heavy (non-hydrogen) atoms. The van der Waals surface area contributed by atoms with Crippen LogP contribution in [0.25, 0.3) is 0 Å². The van der Waals surface area contributed by atoms with Gasteiger partial charge in [-0.15, -0.1) is 0 Å². The molecule has 0 rings (SSSR count). The number of carbonyl (C=O) groups excluding carboxylic acids is 3. The standard InChI is InChI=1S/C54H104O6/c1-6-7-8-9-10-11-12-15-19-24-29-34-39-44-52(55)58-47-51(48-59-53(56)45-40-35-30-26-21-23-28-33-38-43-50(4)5)60-54(57)46-41-36-31-25-20-17-14-13-16-18-22-27-32-37-42-49(2)3/h49-51H,6-48H2,1-5H3/t51-/m1/s1. The van der Waals surface area contributed by atoms with Crippen LogP contribution in [0.5, 0.6) is 0 Å². The van der Waals surface area contributed by atoms with Crippen LogP contribution in [-0.2, 0) is 28.6 Å². The predicted molar refractivity (Wildman–Crippen MR) is 256 cm³/mol. The maximum atomic E-state index is 12.8. The van der Waals surface area contributed by atoms with Gasteiger partial charge in [0.15, 0.2) is 6.10 Å². The van der Waals surface area contributed by atoms with Crippen molar-refractivity contribution >= 4 is 17.9 Å². The highest BCUT2D eigenvalue weighted by molar-refractivity contribution is 5.71. The average molecular weight is 849 g/mol. The van der Waals surface area contributed by atoms with Crippen molar-refractivity contribution in [1.29, 1.82) is 0 Å². The second-order valence-electron chi connectivity index (χ2n) is 19.5. The van der Waals surface area contributed by atoms with Crippen LogP contribution in [0.15, 0.2) is 0 Å². The summed E-state index contributed by atoms with van der Waals surface area (Å²) < 4.78 is 16.8. The fourth-order valence-corrected chi connectivity index (χ4v) is 8.17. The molecule has 6 heteroatoms. The maximum absolute atomic E-state index is 12.8. The van der Waals surface area contributed by atoms with Gasteiger partial charge in [-0.1, -0.05) is 259 Å². The molecule has 0 spiro atoms. The van der Waals surface area contributed by atoms with Gasteiger partial charge in [0.1, 0.15) is 13.2 Å². The highest BCUT2D eigenvalue weighted by Crippen LogP contribution is 2.17. The van der Waals surface area contributed by atoms with Crippen molar-refractivity contribution in [2.75, 3.05) is 13.2 Å². The second kappa shape index (κ2) is 46.9. The van der Waals surface area contributed by atoms with E-state index in [2.05, 4.69) is 34.6 Å². The Labute approximate surface area is 374 Å². The van der Waals surface area contributed by atoms with Crippen LogP contribution in [0.3, 0.4) is 0 Å². The van der Waals surface area contributed by atoms with E-state index in [0.717, 1.165) is 69.6 Å². The van der Waals surface area contributed by atoms with Gasteiger partial charge in [0, 0.05) is 19.3 Å². The number of ether oxygens (including phenoxy) is 3. The van der Waals surface area contributed by atoms with Crippen LogP contribution >= 0.6 is 0 Å². The molecular formula is C54H104O6. The van der Waals surface area contributed by atoms with E-state index in [4.69, 9.17) is 14.2 Å². The minimum atomic E-state index is -0.762. The van der Waals surface area contributed by atoms with Crippen LogP contribution in [-0.4, -0.2) is 37.2 Å². The zero-order valence-corrected chi connectivity index (χ0v) is 41.1. The van der Waals surface area contributed by atoms with Crippen molar-refractivity contribution in [3.63, 3.8) is 0 Å². The Kier molecular flexibility index (Phi) is 45.7. The molecule has 0 saturated heterocycles. The second-order valence-corrected chi connectivity index (χ2v) is 19.5. The van der Waals surface area contributed by atoms with Gasteiger partial charge in [-0.3, -0.25) is 14.4 Å². The normalized spacial score (nSPS) is 12.1. The van der Waals surface area contributed by atoms with Gasteiger partial charge in [0.2, 0.25) is 0 Å². The third-order valence-corrected chi connectivity index (χ3v) is 12.2. The van der Waals surface area contributed by atoms with Gasteiger partial charge in [0.05, 0.1) is 0 Å². The highest BCUT2D eigenvalue weighted by Gasteiger charge is 2.19. The zero-order valence-electron chi connectivity index (χ0n) is 41.1. The third-order valence-electron chi connectivity index (χ3n) is 12.2. The van der Waals surface area contributed by atoms with Gasteiger partial charge < -0.3 is 14.2 Å².